The highest BCUT2D eigenvalue weighted by molar-refractivity contribution is 5.40. The molecular weight excluding hydrogens is 384 g/mol. The summed E-state index contributed by atoms with van der Waals surface area (Å²) in [6, 6.07) is 16.9. The van der Waals surface area contributed by atoms with E-state index in [2.05, 4.69) is 10.3 Å². The van der Waals surface area contributed by atoms with Crippen molar-refractivity contribution in [2.24, 2.45) is 0 Å². The fourth-order valence-corrected chi connectivity index (χ4v) is 3.22. The van der Waals surface area contributed by atoms with Crippen LogP contribution < -0.4 is 10.1 Å². The Balaban J connectivity index is 1.59. The van der Waals surface area contributed by atoms with E-state index < -0.39 is 11.6 Å². The van der Waals surface area contributed by atoms with Gasteiger partial charge in [0.2, 0.25) is 0 Å². The number of aromatic nitrogens is 1. The Bertz CT molecular complexity index is 1060. The van der Waals surface area contributed by atoms with Crippen LogP contribution in [0.1, 0.15) is 11.1 Å². The van der Waals surface area contributed by atoms with Crippen LogP contribution in [0.3, 0.4) is 0 Å². The first kappa shape index (κ1) is 19.6. The molecule has 0 amide bonds. The number of benzene rings is 2. The number of hydrogen-bond acceptors (Lipinski definition) is 4. The molecule has 152 valence electrons. The number of aryl methyl sites for hydroxylation is 1. The molecule has 30 heavy (non-hydrogen) atoms. The summed E-state index contributed by atoms with van der Waals surface area (Å²) in [6.07, 6.45) is 6.96. The van der Waals surface area contributed by atoms with E-state index in [0.717, 1.165) is 17.4 Å². The van der Waals surface area contributed by atoms with Crippen molar-refractivity contribution in [3.63, 3.8) is 0 Å². The molecule has 2 aromatic carbocycles. The molecular formula is C24H21F2N3O. The van der Waals surface area contributed by atoms with E-state index in [9.17, 15) is 8.78 Å². The highest BCUT2D eigenvalue weighted by atomic mass is 19.1. The first-order chi connectivity index (χ1) is 14.6. The van der Waals surface area contributed by atoms with Gasteiger partial charge >= 0.3 is 0 Å². The Labute approximate surface area is 174 Å². The number of nitrogens with one attached hydrogen (secondary N) is 1. The third-order valence-corrected chi connectivity index (χ3v) is 4.68. The number of halogens is 2. The highest BCUT2D eigenvalue weighted by Crippen LogP contribution is 2.24. The van der Waals surface area contributed by atoms with Gasteiger partial charge in [0.05, 0.1) is 0 Å². The second kappa shape index (κ2) is 8.78. The van der Waals surface area contributed by atoms with Crippen molar-refractivity contribution >= 4 is 5.82 Å². The van der Waals surface area contributed by atoms with Gasteiger partial charge in [-0.2, -0.15) is 0 Å². The standard InChI is InChI=1S/C24H21F2N3O/c1-17-6-2-3-7-22(17)30-21-9-11-29(16-18-12-19(25)14-20(26)13-18)24(15-21)28-23-8-4-5-10-27-23/h2-15,24H,16H2,1H3,(H,27,28). The zero-order chi connectivity index (χ0) is 20.9. The van der Waals surface area contributed by atoms with Crippen molar-refractivity contribution in [3.05, 3.63) is 114 Å². The van der Waals surface area contributed by atoms with Gasteiger partial charge in [0.1, 0.15) is 35.1 Å². The van der Waals surface area contributed by atoms with Crippen molar-refractivity contribution in [2.45, 2.75) is 19.6 Å². The highest BCUT2D eigenvalue weighted by Gasteiger charge is 2.20. The zero-order valence-corrected chi connectivity index (χ0v) is 16.4. The van der Waals surface area contributed by atoms with Crippen LogP contribution in [-0.4, -0.2) is 16.0 Å². The third-order valence-electron chi connectivity index (χ3n) is 4.68. The monoisotopic (exact) mass is 405 g/mol. The Morgan fingerprint density at radius 3 is 2.53 bits per heavy atom. The quantitative estimate of drug-likeness (QED) is 0.596. The van der Waals surface area contributed by atoms with Gasteiger partial charge in [0.25, 0.3) is 0 Å². The molecule has 0 aliphatic carbocycles. The van der Waals surface area contributed by atoms with E-state index in [1.807, 2.05) is 72.6 Å². The number of para-hydroxylation sites is 1. The van der Waals surface area contributed by atoms with Gasteiger partial charge in [-0.3, -0.25) is 0 Å². The van der Waals surface area contributed by atoms with Gasteiger partial charge in [0, 0.05) is 31.1 Å². The zero-order valence-electron chi connectivity index (χ0n) is 16.4. The minimum absolute atomic E-state index is 0.309. The summed E-state index contributed by atoms with van der Waals surface area (Å²) in [5, 5.41) is 3.33. The first-order valence-electron chi connectivity index (χ1n) is 9.58. The van der Waals surface area contributed by atoms with Crippen LogP contribution in [0.2, 0.25) is 0 Å². The van der Waals surface area contributed by atoms with Crippen molar-refractivity contribution in [3.8, 4) is 5.75 Å². The average molecular weight is 405 g/mol. The minimum Gasteiger partial charge on any atom is -0.457 e. The van der Waals surface area contributed by atoms with E-state index >= 15 is 0 Å². The van der Waals surface area contributed by atoms with Crippen molar-refractivity contribution in [1.29, 1.82) is 0 Å². The van der Waals surface area contributed by atoms with Gasteiger partial charge in [-0.15, -0.1) is 0 Å². The van der Waals surface area contributed by atoms with Crippen LogP contribution in [0.4, 0.5) is 14.6 Å². The summed E-state index contributed by atoms with van der Waals surface area (Å²) in [6.45, 7) is 2.29. The summed E-state index contributed by atoms with van der Waals surface area (Å²) >= 11 is 0. The molecule has 2 heterocycles. The Kier molecular flexibility index (Phi) is 5.75. The molecule has 0 radical (unpaired) electrons. The molecule has 1 aliphatic heterocycles. The first-order valence-corrected chi connectivity index (χ1v) is 9.58. The summed E-state index contributed by atoms with van der Waals surface area (Å²) in [4.78, 5) is 6.24. The SMILES string of the molecule is Cc1ccccc1OC1=CC(Nc2ccccn2)N(Cc2cc(F)cc(F)c2)C=C1. The fraction of sp³-hybridized carbons (Fsp3) is 0.125. The second-order valence-corrected chi connectivity index (χ2v) is 7.01. The normalized spacial score (nSPS) is 15.6. The van der Waals surface area contributed by atoms with Gasteiger partial charge in [-0.25, -0.2) is 13.8 Å². The lowest BCUT2D eigenvalue weighted by Crippen LogP contribution is -2.38. The number of nitrogens with zero attached hydrogens (tertiary/aromatic N) is 2. The minimum atomic E-state index is -0.598. The number of rotatable bonds is 6. The lowest BCUT2D eigenvalue weighted by Gasteiger charge is -2.32. The van der Waals surface area contributed by atoms with Crippen LogP contribution in [-0.2, 0) is 6.54 Å². The lowest BCUT2D eigenvalue weighted by molar-refractivity contribution is 0.313. The molecule has 4 rings (SSSR count). The maximum absolute atomic E-state index is 13.6. The van der Waals surface area contributed by atoms with E-state index in [1.54, 1.807) is 6.20 Å². The molecule has 1 N–H and O–H groups in total. The predicted molar refractivity (Wildman–Crippen MR) is 113 cm³/mol. The van der Waals surface area contributed by atoms with Crippen LogP contribution in [0.25, 0.3) is 0 Å². The van der Waals surface area contributed by atoms with Gasteiger partial charge in [-0.1, -0.05) is 24.3 Å². The summed E-state index contributed by atoms with van der Waals surface area (Å²) in [7, 11) is 0. The van der Waals surface area contributed by atoms with Crippen molar-refractivity contribution < 1.29 is 13.5 Å². The van der Waals surface area contributed by atoms with Crippen LogP contribution in [0.15, 0.2) is 91.0 Å². The molecule has 0 fully saturated rings. The molecule has 0 spiro atoms. The summed E-state index contributed by atoms with van der Waals surface area (Å²) in [5.74, 6) is 0.920. The predicted octanol–water partition coefficient (Wildman–Crippen LogP) is 5.40. The molecule has 0 saturated carbocycles. The van der Waals surface area contributed by atoms with E-state index in [1.165, 1.54) is 12.1 Å². The van der Waals surface area contributed by atoms with Gasteiger partial charge in [-0.05, 0) is 54.5 Å². The van der Waals surface area contributed by atoms with Crippen molar-refractivity contribution in [1.82, 2.24) is 9.88 Å². The molecule has 4 nitrogen and oxygen atoms in total. The van der Waals surface area contributed by atoms with E-state index in [-0.39, 0.29) is 6.17 Å². The maximum Gasteiger partial charge on any atom is 0.130 e. The average Bonchev–Trinajstić information content (AvgIpc) is 2.72. The maximum atomic E-state index is 13.6. The van der Waals surface area contributed by atoms with Gasteiger partial charge in [0.15, 0.2) is 0 Å². The van der Waals surface area contributed by atoms with Crippen LogP contribution in [0.5, 0.6) is 5.75 Å². The largest absolute Gasteiger partial charge is 0.457 e. The Hall–Kier alpha value is -3.67. The molecule has 1 aliphatic rings. The summed E-state index contributed by atoms with van der Waals surface area (Å²) < 4.78 is 33.3. The van der Waals surface area contributed by atoms with E-state index in [0.29, 0.717) is 23.7 Å². The fourth-order valence-electron chi connectivity index (χ4n) is 3.22. The molecule has 1 unspecified atom stereocenters. The Morgan fingerprint density at radius 1 is 1.03 bits per heavy atom. The van der Waals surface area contributed by atoms with E-state index in [4.69, 9.17) is 4.74 Å². The number of ether oxygens (including phenoxy) is 1. The van der Waals surface area contributed by atoms with Crippen LogP contribution >= 0.6 is 0 Å². The third kappa shape index (κ3) is 4.84. The molecule has 1 atom stereocenters. The number of allylic oxidation sites excluding steroid dienone is 1. The smallest absolute Gasteiger partial charge is 0.130 e. The molecule has 0 bridgehead atoms. The molecule has 1 aromatic heterocycles. The topological polar surface area (TPSA) is 37.4 Å². The van der Waals surface area contributed by atoms with Crippen LogP contribution in [0, 0.1) is 18.6 Å². The molecule has 0 saturated heterocycles. The van der Waals surface area contributed by atoms with Gasteiger partial charge < -0.3 is 15.0 Å². The number of pyridine rings is 1. The Morgan fingerprint density at radius 2 is 1.80 bits per heavy atom. The van der Waals surface area contributed by atoms with Crippen molar-refractivity contribution in [2.75, 3.05) is 5.32 Å². The summed E-state index contributed by atoms with van der Waals surface area (Å²) in [5.41, 5.74) is 1.56. The lowest BCUT2D eigenvalue weighted by atomic mass is 10.1. The second-order valence-electron chi connectivity index (χ2n) is 7.01. The molecule has 6 heteroatoms. The number of anilines is 1. The number of hydrogen-bond donors (Lipinski definition) is 1. The molecule has 3 aromatic rings.